The summed E-state index contributed by atoms with van der Waals surface area (Å²) < 4.78 is 0.784. The zero-order valence-corrected chi connectivity index (χ0v) is 17.8. The molecule has 3 aromatic carbocycles. The molecule has 0 saturated carbocycles. The number of imide groups is 1. The van der Waals surface area contributed by atoms with Crippen molar-refractivity contribution in [3.8, 4) is 0 Å². The summed E-state index contributed by atoms with van der Waals surface area (Å²) in [6, 6.07) is 21.7. The summed E-state index contributed by atoms with van der Waals surface area (Å²) in [4.78, 5) is 27.9. The third kappa shape index (κ3) is 3.71. The summed E-state index contributed by atoms with van der Waals surface area (Å²) in [6.45, 7) is 1.89. The third-order valence-electron chi connectivity index (χ3n) is 4.66. The lowest BCUT2D eigenvalue weighted by Crippen LogP contribution is -2.32. The second kappa shape index (κ2) is 7.85. The molecule has 0 radical (unpaired) electrons. The van der Waals surface area contributed by atoms with E-state index in [1.165, 1.54) is 4.90 Å². The van der Waals surface area contributed by atoms with E-state index in [1.807, 2.05) is 43.3 Å². The van der Waals surface area contributed by atoms with E-state index in [9.17, 15) is 9.59 Å². The first-order valence-electron chi connectivity index (χ1n) is 8.93. The molecule has 3 aromatic rings. The Morgan fingerprint density at radius 1 is 0.897 bits per heavy atom. The maximum atomic E-state index is 13.3. The van der Waals surface area contributed by atoms with Gasteiger partial charge in [-0.05, 0) is 54.4 Å². The van der Waals surface area contributed by atoms with Crippen LogP contribution in [0.15, 0.2) is 83.0 Å². The van der Waals surface area contributed by atoms with E-state index in [-0.39, 0.29) is 11.6 Å². The van der Waals surface area contributed by atoms with Crippen molar-refractivity contribution in [2.45, 2.75) is 6.92 Å². The fourth-order valence-corrected chi connectivity index (χ4v) is 3.88. The SMILES string of the molecule is Cc1cc(Cl)ccc1NC1=C(c2ccccc2)C(=O)N(c2cccc(Br)c2)C1=O. The minimum Gasteiger partial charge on any atom is -0.350 e. The Hall–Kier alpha value is -2.89. The summed E-state index contributed by atoms with van der Waals surface area (Å²) in [7, 11) is 0. The Morgan fingerprint density at radius 3 is 2.34 bits per heavy atom. The van der Waals surface area contributed by atoms with Crippen molar-refractivity contribution in [3.05, 3.63) is 99.1 Å². The quantitative estimate of drug-likeness (QED) is 0.493. The molecule has 0 saturated heterocycles. The van der Waals surface area contributed by atoms with Gasteiger partial charge < -0.3 is 5.32 Å². The minimum absolute atomic E-state index is 0.242. The lowest BCUT2D eigenvalue weighted by Gasteiger charge is -2.16. The maximum Gasteiger partial charge on any atom is 0.282 e. The predicted molar refractivity (Wildman–Crippen MR) is 120 cm³/mol. The van der Waals surface area contributed by atoms with Crippen molar-refractivity contribution in [3.63, 3.8) is 0 Å². The van der Waals surface area contributed by atoms with Crippen LogP contribution in [0.5, 0.6) is 0 Å². The first kappa shape index (κ1) is 19.4. The molecular weight excluding hydrogens is 452 g/mol. The second-order valence-electron chi connectivity index (χ2n) is 6.63. The lowest BCUT2D eigenvalue weighted by atomic mass is 10.0. The number of hydrogen-bond acceptors (Lipinski definition) is 3. The summed E-state index contributed by atoms with van der Waals surface area (Å²) in [5.41, 5.74) is 3.36. The molecule has 144 valence electrons. The van der Waals surface area contributed by atoms with E-state index in [0.717, 1.165) is 15.7 Å². The molecule has 2 amide bonds. The fraction of sp³-hybridized carbons (Fsp3) is 0.0435. The Kier molecular flexibility index (Phi) is 5.26. The monoisotopic (exact) mass is 466 g/mol. The molecule has 4 rings (SSSR count). The van der Waals surface area contributed by atoms with E-state index in [2.05, 4.69) is 21.2 Å². The van der Waals surface area contributed by atoms with Crippen LogP contribution >= 0.6 is 27.5 Å². The summed E-state index contributed by atoms with van der Waals surface area (Å²) >= 11 is 9.46. The molecule has 29 heavy (non-hydrogen) atoms. The van der Waals surface area contributed by atoms with E-state index in [4.69, 9.17) is 11.6 Å². The first-order chi connectivity index (χ1) is 14.0. The summed E-state index contributed by atoms with van der Waals surface area (Å²) in [6.07, 6.45) is 0. The molecule has 0 bridgehead atoms. The highest BCUT2D eigenvalue weighted by Crippen LogP contribution is 2.35. The molecule has 0 aromatic heterocycles. The van der Waals surface area contributed by atoms with Gasteiger partial charge in [-0.3, -0.25) is 9.59 Å². The molecule has 0 atom stereocenters. The average molecular weight is 468 g/mol. The average Bonchev–Trinajstić information content (AvgIpc) is 2.94. The maximum absolute atomic E-state index is 13.3. The van der Waals surface area contributed by atoms with Crippen molar-refractivity contribution < 1.29 is 9.59 Å². The van der Waals surface area contributed by atoms with Crippen LogP contribution in [-0.2, 0) is 9.59 Å². The highest BCUT2D eigenvalue weighted by Gasteiger charge is 2.40. The predicted octanol–water partition coefficient (Wildman–Crippen LogP) is 5.81. The van der Waals surface area contributed by atoms with Crippen LogP contribution in [0.1, 0.15) is 11.1 Å². The van der Waals surface area contributed by atoms with Gasteiger partial charge in [0.2, 0.25) is 0 Å². The molecule has 0 fully saturated rings. The summed E-state index contributed by atoms with van der Waals surface area (Å²) in [5.74, 6) is -0.769. The lowest BCUT2D eigenvalue weighted by molar-refractivity contribution is -0.120. The van der Waals surface area contributed by atoms with Crippen LogP contribution < -0.4 is 10.2 Å². The van der Waals surface area contributed by atoms with Crippen molar-refractivity contribution >= 4 is 56.3 Å². The number of rotatable bonds is 4. The minimum atomic E-state index is -0.402. The van der Waals surface area contributed by atoms with Gasteiger partial charge in [0.15, 0.2) is 0 Å². The number of nitrogens with one attached hydrogen (secondary N) is 1. The zero-order chi connectivity index (χ0) is 20.5. The number of carbonyl (C=O) groups is 2. The highest BCUT2D eigenvalue weighted by atomic mass is 79.9. The Morgan fingerprint density at radius 2 is 1.66 bits per heavy atom. The van der Waals surface area contributed by atoms with Crippen LogP contribution in [0.3, 0.4) is 0 Å². The topological polar surface area (TPSA) is 49.4 Å². The second-order valence-corrected chi connectivity index (χ2v) is 7.98. The summed E-state index contributed by atoms with van der Waals surface area (Å²) in [5, 5.41) is 3.78. The first-order valence-corrected chi connectivity index (χ1v) is 10.1. The van der Waals surface area contributed by atoms with Crippen LogP contribution in [-0.4, -0.2) is 11.8 Å². The molecule has 0 unspecified atom stereocenters. The molecule has 1 heterocycles. The molecule has 1 aliphatic heterocycles. The fourth-order valence-electron chi connectivity index (χ4n) is 3.27. The van der Waals surface area contributed by atoms with E-state index in [1.54, 1.807) is 36.4 Å². The number of amides is 2. The van der Waals surface area contributed by atoms with Gasteiger partial charge in [0.05, 0.1) is 11.3 Å². The van der Waals surface area contributed by atoms with Gasteiger partial charge in [-0.1, -0.05) is 63.9 Å². The molecule has 0 spiro atoms. The standard InChI is InChI=1S/C23H16BrClN2O2/c1-14-12-17(25)10-11-19(14)26-21-20(15-6-3-2-4-7-15)22(28)27(23(21)29)18-9-5-8-16(24)13-18/h2-13,26H,1H3. The van der Waals surface area contributed by atoms with Gasteiger partial charge in [-0.25, -0.2) is 4.90 Å². The Balaban J connectivity index is 1.84. The number of aryl methyl sites for hydroxylation is 1. The highest BCUT2D eigenvalue weighted by molar-refractivity contribution is 9.10. The van der Waals surface area contributed by atoms with Crippen LogP contribution in [0.25, 0.3) is 5.57 Å². The molecule has 1 N–H and O–H groups in total. The van der Waals surface area contributed by atoms with Gasteiger partial charge >= 0.3 is 0 Å². The number of halogens is 2. The molecule has 0 aliphatic carbocycles. The van der Waals surface area contributed by atoms with Crippen molar-refractivity contribution in [2.24, 2.45) is 0 Å². The van der Waals surface area contributed by atoms with Crippen molar-refractivity contribution in [1.29, 1.82) is 0 Å². The number of hydrogen-bond donors (Lipinski definition) is 1. The third-order valence-corrected chi connectivity index (χ3v) is 5.39. The van der Waals surface area contributed by atoms with Crippen LogP contribution in [0.2, 0.25) is 5.02 Å². The van der Waals surface area contributed by atoms with Gasteiger partial charge in [-0.2, -0.15) is 0 Å². The molecular formula is C23H16BrClN2O2. The van der Waals surface area contributed by atoms with E-state index < -0.39 is 5.91 Å². The van der Waals surface area contributed by atoms with Crippen molar-refractivity contribution in [2.75, 3.05) is 10.2 Å². The number of anilines is 2. The smallest absolute Gasteiger partial charge is 0.282 e. The van der Waals surface area contributed by atoms with Gasteiger partial charge in [0, 0.05) is 15.2 Å². The molecule has 6 heteroatoms. The zero-order valence-electron chi connectivity index (χ0n) is 15.4. The van der Waals surface area contributed by atoms with Crippen LogP contribution in [0, 0.1) is 6.92 Å². The number of nitrogens with zero attached hydrogens (tertiary/aromatic N) is 1. The van der Waals surface area contributed by atoms with Crippen LogP contribution in [0.4, 0.5) is 11.4 Å². The van der Waals surface area contributed by atoms with Gasteiger partial charge in [-0.15, -0.1) is 0 Å². The largest absolute Gasteiger partial charge is 0.350 e. The van der Waals surface area contributed by atoms with Gasteiger partial charge in [0.25, 0.3) is 11.8 Å². The molecule has 1 aliphatic rings. The normalized spacial score (nSPS) is 14.0. The number of benzene rings is 3. The van der Waals surface area contributed by atoms with E-state index in [0.29, 0.717) is 21.8 Å². The van der Waals surface area contributed by atoms with E-state index >= 15 is 0 Å². The van der Waals surface area contributed by atoms with Crippen molar-refractivity contribution in [1.82, 2.24) is 0 Å². The number of carbonyl (C=O) groups excluding carboxylic acids is 2. The van der Waals surface area contributed by atoms with Gasteiger partial charge in [0.1, 0.15) is 5.70 Å². The Labute approximate surface area is 181 Å². The molecule has 4 nitrogen and oxygen atoms in total. The Bertz CT molecular complexity index is 1160.